The van der Waals surface area contributed by atoms with Gasteiger partial charge in [-0.05, 0) is 49.5 Å². The quantitative estimate of drug-likeness (QED) is 0.849. The summed E-state index contributed by atoms with van der Waals surface area (Å²) < 4.78 is 6.19. The molecule has 0 bridgehead atoms. The van der Waals surface area contributed by atoms with Gasteiger partial charge in [0.25, 0.3) is 0 Å². The number of ether oxygens (including phenoxy) is 1. The van der Waals surface area contributed by atoms with Crippen molar-refractivity contribution in [2.45, 2.75) is 58.8 Å². The van der Waals surface area contributed by atoms with Crippen LogP contribution in [0.25, 0.3) is 0 Å². The fourth-order valence-corrected chi connectivity index (χ4v) is 3.85. The molecule has 1 aliphatic rings. The highest BCUT2D eigenvalue weighted by molar-refractivity contribution is 7.09. The average molecular weight is 281 g/mol. The van der Waals surface area contributed by atoms with Gasteiger partial charge in [0.1, 0.15) is 0 Å². The molecule has 1 aliphatic carbocycles. The molecule has 0 saturated heterocycles. The van der Waals surface area contributed by atoms with E-state index >= 15 is 0 Å². The van der Waals surface area contributed by atoms with E-state index in [0.717, 1.165) is 24.9 Å². The Kier molecular flexibility index (Phi) is 5.86. The van der Waals surface area contributed by atoms with E-state index in [0.29, 0.717) is 12.2 Å². The van der Waals surface area contributed by atoms with Gasteiger partial charge < -0.3 is 10.1 Å². The van der Waals surface area contributed by atoms with E-state index in [4.69, 9.17) is 4.74 Å². The van der Waals surface area contributed by atoms with Crippen LogP contribution < -0.4 is 5.32 Å². The predicted octanol–water partition coefficient (Wildman–Crippen LogP) is 4.07. The largest absolute Gasteiger partial charge is 0.374 e. The molecule has 19 heavy (non-hydrogen) atoms. The number of thiophene rings is 1. The first-order chi connectivity index (χ1) is 9.13. The summed E-state index contributed by atoms with van der Waals surface area (Å²) in [6.07, 6.45) is 4.61. The third kappa shape index (κ3) is 5.25. The third-order valence-corrected chi connectivity index (χ3v) is 4.75. The van der Waals surface area contributed by atoms with E-state index in [1.807, 2.05) is 11.3 Å². The molecular weight excluding hydrogens is 254 g/mol. The standard InChI is InChI=1S/C16H27NOS/c1-12-7-13(2)9-15(8-12)18-14(3)10-17-11-16-5-4-6-19-16/h4-6,12-15,17H,7-11H2,1-3H3. The molecule has 1 heterocycles. The van der Waals surface area contributed by atoms with Gasteiger partial charge in [0.15, 0.2) is 0 Å². The van der Waals surface area contributed by atoms with Gasteiger partial charge in [0.05, 0.1) is 12.2 Å². The molecule has 1 saturated carbocycles. The number of hydrogen-bond acceptors (Lipinski definition) is 3. The maximum atomic E-state index is 6.19. The fourth-order valence-electron chi connectivity index (χ4n) is 3.17. The smallest absolute Gasteiger partial charge is 0.0675 e. The van der Waals surface area contributed by atoms with Gasteiger partial charge in [-0.3, -0.25) is 0 Å². The Bertz CT molecular complexity index is 342. The van der Waals surface area contributed by atoms with Crippen LogP contribution in [0.5, 0.6) is 0 Å². The predicted molar refractivity (Wildman–Crippen MR) is 82.5 cm³/mol. The minimum Gasteiger partial charge on any atom is -0.374 e. The molecule has 3 atom stereocenters. The second-order valence-corrected chi connectivity index (χ2v) is 7.23. The number of nitrogens with one attached hydrogen (secondary N) is 1. The van der Waals surface area contributed by atoms with E-state index in [2.05, 4.69) is 43.6 Å². The summed E-state index contributed by atoms with van der Waals surface area (Å²) in [5, 5.41) is 5.61. The summed E-state index contributed by atoms with van der Waals surface area (Å²) in [4.78, 5) is 1.40. The molecule has 0 amide bonds. The molecule has 108 valence electrons. The first-order valence-corrected chi connectivity index (χ1v) is 8.40. The van der Waals surface area contributed by atoms with Crippen LogP contribution in [0.2, 0.25) is 0 Å². The van der Waals surface area contributed by atoms with E-state index in [1.165, 1.54) is 24.1 Å². The zero-order valence-corrected chi connectivity index (χ0v) is 13.2. The van der Waals surface area contributed by atoms with Crippen LogP contribution in [0, 0.1) is 11.8 Å². The lowest BCUT2D eigenvalue weighted by Gasteiger charge is -2.33. The molecule has 2 nitrogen and oxygen atoms in total. The van der Waals surface area contributed by atoms with E-state index < -0.39 is 0 Å². The molecule has 0 aliphatic heterocycles. The second-order valence-electron chi connectivity index (χ2n) is 6.20. The van der Waals surface area contributed by atoms with Gasteiger partial charge in [0, 0.05) is 18.0 Å². The van der Waals surface area contributed by atoms with Gasteiger partial charge in [-0.15, -0.1) is 11.3 Å². The normalized spacial score (nSPS) is 29.3. The molecule has 3 unspecified atom stereocenters. The van der Waals surface area contributed by atoms with Gasteiger partial charge in [-0.1, -0.05) is 19.9 Å². The van der Waals surface area contributed by atoms with Crippen molar-refractivity contribution >= 4 is 11.3 Å². The fraction of sp³-hybridized carbons (Fsp3) is 0.750. The SMILES string of the molecule is CC1CC(C)CC(OC(C)CNCc2cccs2)C1. The maximum absolute atomic E-state index is 6.19. The Hall–Kier alpha value is -0.380. The Morgan fingerprint density at radius 1 is 1.32 bits per heavy atom. The van der Waals surface area contributed by atoms with Crippen molar-refractivity contribution in [2.24, 2.45) is 11.8 Å². The highest BCUT2D eigenvalue weighted by Crippen LogP contribution is 2.30. The molecule has 0 radical (unpaired) electrons. The van der Waals surface area contributed by atoms with Gasteiger partial charge in [0.2, 0.25) is 0 Å². The van der Waals surface area contributed by atoms with Crippen LogP contribution in [0.4, 0.5) is 0 Å². The molecule has 1 fully saturated rings. The Morgan fingerprint density at radius 2 is 2.05 bits per heavy atom. The van der Waals surface area contributed by atoms with Crippen molar-refractivity contribution in [3.05, 3.63) is 22.4 Å². The van der Waals surface area contributed by atoms with E-state index in [1.54, 1.807) is 0 Å². The maximum Gasteiger partial charge on any atom is 0.0675 e. The highest BCUT2D eigenvalue weighted by Gasteiger charge is 2.25. The van der Waals surface area contributed by atoms with Crippen LogP contribution >= 0.6 is 11.3 Å². The molecule has 1 aromatic rings. The molecule has 1 N–H and O–H groups in total. The lowest BCUT2D eigenvalue weighted by atomic mass is 9.82. The molecule has 1 aromatic heterocycles. The summed E-state index contributed by atoms with van der Waals surface area (Å²) in [6.45, 7) is 8.79. The summed E-state index contributed by atoms with van der Waals surface area (Å²) in [6, 6.07) is 4.28. The van der Waals surface area contributed by atoms with Crippen LogP contribution in [0.3, 0.4) is 0 Å². The first-order valence-electron chi connectivity index (χ1n) is 7.52. The topological polar surface area (TPSA) is 21.3 Å². The van der Waals surface area contributed by atoms with Crippen LogP contribution in [0.15, 0.2) is 17.5 Å². The minimum absolute atomic E-state index is 0.308. The van der Waals surface area contributed by atoms with Crippen LogP contribution in [-0.4, -0.2) is 18.8 Å². The molecule has 3 heteroatoms. The van der Waals surface area contributed by atoms with E-state index in [-0.39, 0.29) is 0 Å². The van der Waals surface area contributed by atoms with Crippen molar-refractivity contribution in [3.63, 3.8) is 0 Å². The van der Waals surface area contributed by atoms with Crippen LogP contribution in [0.1, 0.15) is 44.9 Å². The molecule has 2 rings (SSSR count). The highest BCUT2D eigenvalue weighted by atomic mass is 32.1. The van der Waals surface area contributed by atoms with Crippen LogP contribution in [-0.2, 0) is 11.3 Å². The van der Waals surface area contributed by atoms with Gasteiger partial charge in [-0.25, -0.2) is 0 Å². The summed E-state index contributed by atoms with van der Waals surface area (Å²) >= 11 is 1.81. The van der Waals surface area contributed by atoms with E-state index in [9.17, 15) is 0 Å². The molecule has 0 spiro atoms. The zero-order valence-electron chi connectivity index (χ0n) is 12.4. The Morgan fingerprint density at radius 3 is 2.68 bits per heavy atom. The average Bonchev–Trinajstić information content (AvgIpc) is 2.80. The van der Waals surface area contributed by atoms with Crippen molar-refractivity contribution in [3.8, 4) is 0 Å². The lowest BCUT2D eigenvalue weighted by Crippen LogP contribution is -2.34. The second kappa shape index (κ2) is 7.41. The Labute approximate surface area is 121 Å². The third-order valence-electron chi connectivity index (χ3n) is 3.87. The van der Waals surface area contributed by atoms with Crippen molar-refractivity contribution in [1.82, 2.24) is 5.32 Å². The number of rotatable bonds is 6. The monoisotopic (exact) mass is 281 g/mol. The molecule has 0 aromatic carbocycles. The molecular formula is C16H27NOS. The zero-order chi connectivity index (χ0) is 13.7. The lowest BCUT2D eigenvalue weighted by molar-refractivity contribution is -0.0401. The summed E-state index contributed by atoms with van der Waals surface area (Å²) in [5.41, 5.74) is 0. The first kappa shape index (κ1) is 15.0. The van der Waals surface area contributed by atoms with Gasteiger partial charge in [-0.2, -0.15) is 0 Å². The number of hydrogen-bond donors (Lipinski definition) is 1. The minimum atomic E-state index is 0.308. The van der Waals surface area contributed by atoms with Crippen molar-refractivity contribution in [1.29, 1.82) is 0 Å². The van der Waals surface area contributed by atoms with Gasteiger partial charge >= 0.3 is 0 Å². The summed E-state index contributed by atoms with van der Waals surface area (Å²) in [7, 11) is 0. The van der Waals surface area contributed by atoms with Crippen molar-refractivity contribution < 1.29 is 4.74 Å². The van der Waals surface area contributed by atoms with Crippen molar-refractivity contribution in [2.75, 3.05) is 6.54 Å². The summed E-state index contributed by atoms with van der Waals surface area (Å²) in [5.74, 6) is 1.64. The Balaban J connectivity index is 1.64.